The Morgan fingerprint density at radius 3 is 2.87 bits per heavy atom. The van der Waals surface area contributed by atoms with E-state index >= 15 is 0 Å². The molecular weight excluding hydrogens is 310 g/mol. The molecule has 2 aromatic rings. The topological polar surface area (TPSA) is 47.4 Å². The van der Waals surface area contributed by atoms with Crippen LogP contribution >= 0.6 is 11.3 Å². The van der Waals surface area contributed by atoms with Crippen molar-refractivity contribution in [1.29, 1.82) is 0 Å². The standard InChI is InChI=1S/C17H23N3O2S/c1-13-18-15(12-23-13)11-20-16-6-8-19(9-10-22-2)7-5-14(16)3-4-17(20)21/h3-4,12H,5-11H2,1-2H3. The van der Waals surface area contributed by atoms with Crippen LogP contribution in [-0.4, -0.2) is 47.8 Å². The van der Waals surface area contributed by atoms with E-state index in [1.54, 1.807) is 24.5 Å². The van der Waals surface area contributed by atoms with Crippen molar-refractivity contribution in [3.05, 3.63) is 49.8 Å². The fourth-order valence-corrected chi connectivity index (χ4v) is 3.71. The van der Waals surface area contributed by atoms with Gasteiger partial charge in [-0.2, -0.15) is 0 Å². The predicted molar refractivity (Wildman–Crippen MR) is 92.4 cm³/mol. The minimum Gasteiger partial charge on any atom is -0.383 e. The predicted octanol–water partition coefficient (Wildman–Crippen LogP) is 1.71. The lowest BCUT2D eigenvalue weighted by molar-refractivity contribution is 0.150. The van der Waals surface area contributed by atoms with Crippen LogP contribution < -0.4 is 5.56 Å². The molecule has 6 heteroatoms. The number of aryl methyl sites for hydroxylation is 1. The lowest BCUT2D eigenvalue weighted by atomic mass is 10.1. The van der Waals surface area contributed by atoms with Crippen molar-refractivity contribution in [2.24, 2.45) is 0 Å². The van der Waals surface area contributed by atoms with Gasteiger partial charge in [0.25, 0.3) is 5.56 Å². The zero-order valence-corrected chi connectivity index (χ0v) is 14.6. The number of pyridine rings is 1. The first-order valence-electron chi connectivity index (χ1n) is 8.01. The molecule has 1 aliphatic rings. The van der Waals surface area contributed by atoms with Crippen LogP contribution in [0.3, 0.4) is 0 Å². The Hall–Kier alpha value is -1.50. The molecule has 5 nitrogen and oxygen atoms in total. The molecule has 23 heavy (non-hydrogen) atoms. The molecule has 2 aromatic heterocycles. The molecule has 0 aromatic carbocycles. The zero-order valence-electron chi connectivity index (χ0n) is 13.7. The van der Waals surface area contributed by atoms with E-state index in [0.717, 1.165) is 49.8 Å². The molecule has 0 amide bonds. The second-order valence-corrected chi connectivity index (χ2v) is 6.98. The van der Waals surface area contributed by atoms with Crippen molar-refractivity contribution < 1.29 is 4.74 Å². The van der Waals surface area contributed by atoms with Crippen LogP contribution in [0.2, 0.25) is 0 Å². The average molecular weight is 333 g/mol. The lowest BCUT2D eigenvalue weighted by Crippen LogP contribution is -2.30. The van der Waals surface area contributed by atoms with Gasteiger partial charge in [0.1, 0.15) is 0 Å². The van der Waals surface area contributed by atoms with Gasteiger partial charge in [-0.05, 0) is 18.9 Å². The number of hydrogen-bond acceptors (Lipinski definition) is 5. The molecule has 1 aliphatic heterocycles. The first-order valence-corrected chi connectivity index (χ1v) is 8.89. The van der Waals surface area contributed by atoms with Crippen LogP contribution in [0.4, 0.5) is 0 Å². The number of hydrogen-bond donors (Lipinski definition) is 0. The van der Waals surface area contributed by atoms with Gasteiger partial charge in [-0.25, -0.2) is 4.98 Å². The van der Waals surface area contributed by atoms with Crippen molar-refractivity contribution in [2.45, 2.75) is 26.3 Å². The summed E-state index contributed by atoms with van der Waals surface area (Å²) in [6.07, 6.45) is 1.88. The van der Waals surface area contributed by atoms with E-state index in [-0.39, 0.29) is 5.56 Å². The first kappa shape index (κ1) is 16.4. The minimum atomic E-state index is 0.0692. The Kier molecular flexibility index (Phi) is 5.25. The molecular formula is C17H23N3O2S. The molecule has 3 heterocycles. The van der Waals surface area contributed by atoms with E-state index in [1.807, 2.05) is 22.9 Å². The molecule has 0 N–H and O–H groups in total. The summed E-state index contributed by atoms with van der Waals surface area (Å²) in [5.41, 5.74) is 3.50. The normalized spacial score (nSPS) is 15.4. The maximum Gasteiger partial charge on any atom is 0.251 e. The third-order valence-electron chi connectivity index (χ3n) is 4.35. The minimum absolute atomic E-state index is 0.0692. The molecule has 0 radical (unpaired) electrons. The summed E-state index contributed by atoms with van der Waals surface area (Å²) in [4.78, 5) is 19.3. The van der Waals surface area contributed by atoms with Crippen molar-refractivity contribution in [1.82, 2.24) is 14.5 Å². The van der Waals surface area contributed by atoms with Crippen molar-refractivity contribution >= 4 is 11.3 Å². The van der Waals surface area contributed by atoms with Crippen molar-refractivity contribution in [3.63, 3.8) is 0 Å². The molecule has 0 saturated carbocycles. The second-order valence-electron chi connectivity index (χ2n) is 5.92. The maximum absolute atomic E-state index is 12.4. The van der Waals surface area contributed by atoms with Crippen molar-refractivity contribution in [3.8, 4) is 0 Å². The third-order valence-corrected chi connectivity index (χ3v) is 5.17. The number of ether oxygens (including phenoxy) is 1. The van der Waals surface area contributed by atoms with E-state index in [9.17, 15) is 4.79 Å². The number of thiazole rings is 1. The van der Waals surface area contributed by atoms with Crippen LogP contribution in [0.15, 0.2) is 22.3 Å². The molecule has 3 rings (SSSR count). The van der Waals surface area contributed by atoms with Gasteiger partial charge in [-0.1, -0.05) is 6.07 Å². The molecule has 0 aliphatic carbocycles. The summed E-state index contributed by atoms with van der Waals surface area (Å²) in [5, 5.41) is 3.09. The summed E-state index contributed by atoms with van der Waals surface area (Å²) < 4.78 is 7.09. The van der Waals surface area contributed by atoms with Gasteiger partial charge in [-0.15, -0.1) is 11.3 Å². The van der Waals surface area contributed by atoms with Gasteiger partial charge in [-0.3, -0.25) is 4.79 Å². The van der Waals surface area contributed by atoms with Gasteiger partial charge in [0.2, 0.25) is 0 Å². The summed E-state index contributed by atoms with van der Waals surface area (Å²) in [6.45, 7) is 6.25. The second kappa shape index (κ2) is 7.38. The molecule has 0 saturated heterocycles. The molecule has 0 atom stereocenters. The summed E-state index contributed by atoms with van der Waals surface area (Å²) in [5.74, 6) is 0. The Bertz CT molecular complexity index is 723. The molecule has 0 bridgehead atoms. The highest BCUT2D eigenvalue weighted by Gasteiger charge is 2.17. The van der Waals surface area contributed by atoms with E-state index < -0.39 is 0 Å². The fourth-order valence-electron chi connectivity index (χ4n) is 3.10. The molecule has 0 unspecified atom stereocenters. The summed E-state index contributed by atoms with van der Waals surface area (Å²) in [7, 11) is 1.74. The first-order chi connectivity index (χ1) is 11.2. The van der Waals surface area contributed by atoms with Crippen LogP contribution in [0.25, 0.3) is 0 Å². The third kappa shape index (κ3) is 3.88. The number of methoxy groups -OCH3 is 1. The van der Waals surface area contributed by atoms with Gasteiger partial charge >= 0.3 is 0 Å². The van der Waals surface area contributed by atoms with E-state index in [0.29, 0.717) is 6.54 Å². The highest BCUT2D eigenvalue weighted by molar-refractivity contribution is 7.09. The summed E-state index contributed by atoms with van der Waals surface area (Å²) in [6, 6.07) is 3.70. The zero-order chi connectivity index (χ0) is 16.2. The molecule has 124 valence electrons. The Morgan fingerprint density at radius 2 is 2.13 bits per heavy atom. The van der Waals surface area contributed by atoms with Gasteiger partial charge < -0.3 is 14.2 Å². The summed E-state index contributed by atoms with van der Waals surface area (Å²) >= 11 is 1.63. The Labute approximate surface area is 140 Å². The smallest absolute Gasteiger partial charge is 0.251 e. The number of aromatic nitrogens is 2. The molecule has 0 spiro atoms. The van der Waals surface area contributed by atoms with Gasteiger partial charge in [0.05, 0.1) is 23.9 Å². The van der Waals surface area contributed by atoms with Gasteiger partial charge in [0, 0.05) is 50.3 Å². The van der Waals surface area contributed by atoms with Crippen molar-refractivity contribution in [2.75, 3.05) is 33.4 Å². The van der Waals surface area contributed by atoms with Crippen LogP contribution in [0, 0.1) is 6.92 Å². The largest absolute Gasteiger partial charge is 0.383 e. The number of rotatable bonds is 5. The monoisotopic (exact) mass is 333 g/mol. The van der Waals surface area contributed by atoms with E-state index in [4.69, 9.17) is 4.74 Å². The van der Waals surface area contributed by atoms with Crippen LogP contribution in [-0.2, 0) is 24.1 Å². The van der Waals surface area contributed by atoms with Crippen LogP contribution in [0.5, 0.6) is 0 Å². The highest BCUT2D eigenvalue weighted by Crippen LogP contribution is 2.16. The van der Waals surface area contributed by atoms with E-state index in [2.05, 4.69) is 9.88 Å². The average Bonchev–Trinajstić information content (AvgIpc) is 2.84. The maximum atomic E-state index is 12.4. The Morgan fingerprint density at radius 1 is 1.30 bits per heavy atom. The highest BCUT2D eigenvalue weighted by atomic mass is 32.1. The lowest BCUT2D eigenvalue weighted by Gasteiger charge is -2.18. The number of nitrogens with zero attached hydrogens (tertiary/aromatic N) is 3. The van der Waals surface area contributed by atoms with Crippen LogP contribution in [0.1, 0.15) is 22.0 Å². The fraction of sp³-hybridized carbons (Fsp3) is 0.529. The quantitative estimate of drug-likeness (QED) is 0.836. The van der Waals surface area contributed by atoms with Gasteiger partial charge in [0.15, 0.2) is 0 Å². The Balaban J connectivity index is 1.84. The van der Waals surface area contributed by atoms with E-state index in [1.165, 1.54) is 11.3 Å². The molecule has 0 fully saturated rings. The number of fused-ring (bicyclic) bond motifs is 1. The SMILES string of the molecule is COCCN1CCc2ccc(=O)n(Cc3csc(C)n3)c2CC1.